The van der Waals surface area contributed by atoms with Gasteiger partial charge in [0, 0.05) is 12.8 Å². The molecule has 0 spiro atoms. The van der Waals surface area contributed by atoms with Gasteiger partial charge in [-0.1, -0.05) is 141 Å². The second kappa shape index (κ2) is 44.0. The number of ether oxygens (including phenoxy) is 6. The van der Waals surface area contributed by atoms with Crippen LogP contribution in [0.1, 0.15) is 206 Å². The minimum Gasteiger partial charge on any atom is -0.747 e. The zero-order chi connectivity index (χ0) is 56.6. The molecule has 0 amide bonds. The van der Waals surface area contributed by atoms with Gasteiger partial charge >= 0.3 is 73.6 Å². The standard InChI is InChI=1S/2C27H46O10S.Ca/c2*1-2-3-4-5-6-7-8-9-10-11-12-13-14-15-16-17-24(29)35-20-27(19-28)21-36-25(30)18-23(38(32,33)34)26(31)37-22-27;/h2*9-10,23,28H,2-8,11-22H2,1H3,(H,32,33,34);/q;;+2/p-2/b2*10-9+;. The molecule has 2 aliphatic heterocycles. The smallest absolute Gasteiger partial charge is 0.747 e. The zero-order valence-corrected chi connectivity index (χ0v) is 49.9. The van der Waals surface area contributed by atoms with Gasteiger partial charge in [-0.15, -0.1) is 0 Å². The van der Waals surface area contributed by atoms with E-state index in [4.69, 9.17) is 28.4 Å². The molecule has 23 heteroatoms. The van der Waals surface area contributed by atoms with Crippen molar-refractivity contribution in [3.8, 4) is 0 Å². The summed E-state index contributed by atoms with van der Waals surface area (Å²) in [5.41, 5.74) is -2.91. The fourth-order valence-electron chi connectivity index (χ4n) is 7.94. The van der Waals surface area contributed by atoms with Crippen LogP contribution in [0.15, 0.2) is 24.3 Å². The molecule has 2 rings (SSSR count). The maximum atomic E-state index is 12.2. The van der Waals surface area contributed by atoms with E-state index in [0.29, 0.717) is 12.8 Å². The third kappa shape index (κ3) is 36.3. The fraction of sp³-hybridized carbons (Fsp3) is 0.815. The molecule has 4 atom stereocenters. The molecule has 0 aliphatic carbocycles. The van der Waals surface area contributed by atoms with Crippen LogP contribution < -0.4 is 0 Å². The normalized spacial score (nSPS) is 20.6. The largest absolute Gasteiger partial charge is 2.00 e. The number of hydrogen-bond donors (Lipinski definition) is 2. The number of allylic oxidation sites excluding steroid dienone is 4. The minimum absolute atomic E-state index is 0. The predicted octanol–water partition coefficient (Wildman–Crippen LogP) is 7.52. The molecule has 4 unspecified atom stereocenters. The van der Waals surface area contributed by atoms with Gasteiger partial charge in [0.25, 0.3) is 0 Å². The van der Waals surface area contributed by atoms with Crippen molar-refractivity contribution in [1.82, 2.24) is 0 Å². The molecule has 77 heavy (non-hydrogen) atoms. The van der Waals surface area contributed by atoms with Gasteiger partial charge in [0.1, 0.15) is 59.9 Å². The number of hydrogen-bond acceptors (Lipinski definition) is 20. The summed E-state index contributed by atoms with van der Waals surface area (Å²) < 4.78 is 97.6. The van der Waals surface area contributed by atoms with Crippen molar-refractivity contribution in [2.45, 2.75) is 217 Å². The van der Waals surface area contributed by atoms with Gasteiger partial charge in [0.05, 0.1) is 36.9 Å². The van der Waals surface area contributed by atoms with Crippen LogP contribution in [0, 0.1) is 10.8 Å². The van der Waals surface area contributed by atoms with E-state index in [1.54, 1.807) is 0 Å². The first-order valence-electron chi connectivity index (χ1n) is 27.6. The molecule has 2 heterocycles. The monoisotopic (exact) mass is 1160 g/mol. The number of esters is 6. The maximum absolute atomic E-state index is 12.2. The number of carbonyl (C=O) groups excluding carboxylic acids is 6. The molecule has 0 saturated carbocycles. The van der Waals surface area contributed by atoms with E-state index in [0.717, 1.165) is 77.0 Å². The SMILES string of the molecule is CCCCCCCC/C=C/CCCCCCCC(=O)OCC1(CO)COC(=O)CC(S(=O)(=O)[O-])C(=O)OC1.CCCCCCCC/C=C/CCCCCCCC(=O)OCC1(CO)COC(=O)CC(S(=O)(=O)[O-])C(=O)OC1.[Ca+2]. The van der Waals surface area contributed by atoms with E-state index in [-0.39, 0.29) is 50.6 Å². The molecule has 0 aromatic rings. The molecule has 0 bridgehead atoms. The molecule has 2 aliphatic rings. The third-order valence-electron chi connectivity index (χ3n) is 13.1. The Bertz CT molecular complexity index is 1820. The molecule has 2 saturated heterocycles. The summed E-state index contributed by atoms with van der Waals surface area (Å²) in [6.07, 6.45) is 37.1. The summed E-state index contributed by atoms with van der Waals surface area (Å²) in [6, 6.07) is 0. The van der Waals surface area contributed by atoms with Crippen LogP contribution >= 0.6 is 0 Å². The molecule has 0 aromatic carbocycles. The van der Waals surface area contributed by atoms with Crippen LogP contribution in [0.25, 0.3) is 0 Å². The first kappa shape index (κ1) is 74.3. The topological polar surface area (TPSA) is 313 Å². The zero-order valence-electron chi connectivity index (χ0n) is 46.1. The Kier molecular flexibility index (Phi) is 42.5. The molecule has 2 fully saturated rings. The number of carbonyl (C=O) groups is 6. The Morgan fingerprint density at radius 1 is 0.494 bits per heavy atom. The Morgan fingerprint density at radius 2 is 0.766 bits per heavy atom. The van der Waals surface area contributed by atoms with Crippen molar-refractivity contribution in [3.63, 3.8) is 0 Å². The van der Waals surface area contributed by atoms with Crippen LogP contribution in [-0.2, 0) is 77.4 Å². The number of aliphatic hydroxyl groups excluding tert-OH is 2. The van der Waals surface area contributed by atoms with Crippen molar-refractivity contribution >= 4 is 93.8 Å². The number of rotatable bonds is 38. The number of cyclic esters (lactones) is 4. The van der Waals surface area contributed by atoms with Crippen molar-refractivity contribution in [3.05, 3.63) is 24.3 Å². The van der Waals surface area contributed by atoms with Gasteiger partial charge in [0.2, 0.25) is 0 Å². The molecule has 20 nitrogen and oxygen atoms in total. The van der Waals surface area contributed by atoms with E-state index >= 15 is 0 Å². The van der Waals surface area contributed by atoms with Gasteiger partial charge in [-0.25, -0.2) is 16.8 Å². The molecule has 2 N–H and O–H groups in total. The molecule has 0 radical (unpaired) electrons. The summed E-state index contributed by atoms with van der Waals surface area (Å²) in [5.74, 6) is -6.04. The van der Waals surface area contributed by atoms with Crippen molar-refractivity contribution in [2.24, 2.45) is 10.8 Å². The maximum Gasteiger partial charge on any atom is 2.00 e. The first-order chi connectivity index (χ1) is 36.3. The average molecular weight is 1160 g/mol. The van der Waals surface area contributed by atoms with Crippen molar-refractivity contribution < 1.29 is 93.3 Å². The molecule has 440 valence electrons. The summed E-state index contributed by atoms with van der Waals surface area (Å²) in [5, 5.41) is 15.2. The van der Waals surface area contributed by atoms with Crippen LogP contribution in [-0.4, -0.2) is 173 Å². The number of aliphatic hydroxyl groups is 2. The summed E-state index contributed by atoms with van der Waals surface area (Å²) in [7, 11) is -10.3. The molecule has 0 aromatic heterocycles. The Hall–Kier alpha value is -2.70. The van der Waals surface area contributed by atoms with Crippen LogP contribution in [0.5, 0.6) is 0 Å². The van der Waals surface area contributed by atoms with E-state index in [2.05, 4.69) is 38.2 Å². The Balaban J connectivity index is 0.00000148. The van der Waals surface area contributed by atoms with Crippen molar-refractivity contribution in [1.29, 1.82) is 0 Å². The fourth-order valence-corrected chi connectivity index (χ4v) is 9.23. The third-order valence-corrected chi connectivity index (χ3v) is 15.2. The second-order valence-corrected chi connectivity index (χ2v) is 23.3. The van der Waals surface area contributed by atoms with Gasteiger partial charge in [0.15, 0.2) is 10.5 Å². The molecular weight excluding hydrogens is 1070 g/mol. The second-order valence-electron chi connectivity index (χ2n) is 20.2. The van der Waals surface area contributed by atoms with E-state index in [1.807, 2.05) is 0 Å². The number of unbranched alkanes of at least 4 members (excludes halogenated alkanes) is 22. The van der Waals surface area contributed by atoms with Gasteiger partial charge in [-0.3, -0.25) is 28.8 Å². The predicted molar refractivity (Wildman–Crippen MR) is 286 cm³/mol. The quantitative estimate of drug-likeness (QED) is 0.0151. The molecular formula is C54H90CaO20S2. The van der Waals surface area contributed by atoms with Gasteiger partial charge in [-0.2, -0.15) is 0 Å². The first-order valence-corrected chi connectivity index (χ1v) is 30.6. The Labute approximate surface area is 488 Å². The van der Waals surface area contributed by atoms with Gasteiger partial charge in [-0.05, 0) is 64.2 Å². The van der Waals surface area contributed by atoms with E-state index in [9.17, 15) is 64.9 Å². The summed E-state index contributed by atoms with van der Waals surface area (Å²) in [6.45, 7) is 0.223. The van der Waals surface area contributed by atoms with Crippen LogP contribution in [0.2, 0.25) is 0 Å². The average Bonchev–Trinajstić information content (AvgIpc) is 3.49. The Morgan fingerprint density at radius 3 is 1.05 bits per heavy atom. The van der Waals surface area contributed by atoms with Crippen molar-refractivity contribution in [2.75, 3.05) is 52.9 Å². The van der Waals surface area contributed by atoms with E-state index < -0.39 is 143 Å². The van der Waals surface area contributed by atoms with Gasteiger partial charge < -0.3 is 47.7 Å². The van der Waals surface area contributed by atoms with Crippen LogP contribution in [0.3, 0.4) is 0 Å². The summed E-state index contributed by atoms with van der Waals surface area (Å²) in [4.78, 5) is 72.1. The van der Waals surface area contributed by atoms with Crippen LogP contribution in [0.4, 0.5) is 0 Å². The van der Waals surface area contributed by atoms with E-state index in [1.165, 1.54) is 77.0 Å². The summed E-state index contributed by atoms with van der Waals surface area (Å²) >= 11 is 0. The minimum atomic E-state index is -5.14.